The van der Waals surface area contributed by atoms with Gasteiger partial charge in [0.05, 0.1) is 15.8 Å². The molecule has 0 aliphatic rings. The van der Waals surface area contributed by atoms with Crippen molar-refractivity contribution >= 4 is 57.4 Å². The van der Waals surface area contributed by atoms with Crippen LogP contribution in [0.1, 0.15) is 13.1 Å². The second-order valence-electron chi connectivity index (χ2n) is 10.4. The quantitative estimate of drug-likeness (QED) is 0.117. The molecule has 1 heterocycles. The van der Waals surface area contributed by atoms with Crippen LogP contribution in [0, 0.1) is 0 Å². The number of rotatable bonds is 7. The van der Waals surface area contributed by atoms with Gasteiger partial charge in [-0.25, -0.2) is 0 Å². The van der Waals surface area contributed by atoms with Gasteiger partial charge in [-0.05, 0) is 84.9 Å². The van der Waals surface area contributed by atoms with Gasteiger partial charge in [-0.3, -0.25) is 4.98 Å². The summed E-state index contributed by atoms with van der Waals surface area (Å²) in [5.74, 6) is 0. The number of nitrogens with one attached hydrogen (secondary N) is 1. The third-order valence-electron chi connectivity index (χ3n) is 7.28. The van der Waals surface area contributed by atoms with Crippen molar-refractivity contribution in [2.75, 3.05) is 0 Å². The van der Waals surface area contributed by atoms with Crippen LogP contribution in [-0.2, 0) is 23.9 Å². The molecular formula is C43H43ClN2P2Ru+3. The minimum atomic E-state index is -0.877. The number of benzene rings is 6. The van der Waals surface area contributed by atoms with Gasteiger partial charge in [-0.2, -0.15) is 0 Å². The Kier molecular flexibility index (Phi) is 19.0. The summed E-state index contributed by atoms with van der Waals surface area (Å²) >= 11 is 1.82. The molecule has 0 atom stereocenters. The van der Waals surface area contributed by atoms with Crippen molar-refractivity contribution in [3.63, 3.8) is 0 Å². The summed E-state index contributed by atoms with van der Waals surface area (Å²) in [7, 11) is 2.81. The number of pyridine rings is 1. The van der Waals surface area contributed by atoms with Crippen molar-refractivity contribution in [2.24, 2.45) is 0 Å². The van der Waals surface area contributed by atoms with Crippen LogP contribution < -0.4 is 31.8 Å². The topological polar surface area (TPSA) is 36.7 Å². The Morgan fingerprint density at radius 3 is 0.776 bits per heavy atom. The molecule has 7 aromatic rings. The normalized spacial score (nSPS) is 9.80. The minimum absolute atomic E-state index is 0. The summed E-state index contributed by atoms with van der Waals surface area (Å²) in [4.78, 5) is 3.91. The summed E-state index contributed by atoms with van der Waals surface area (Å²) in [5.41, 5.74) is 7.71. The third kappa shape index (κ3) is 12.9. The van der Waals surface area contributed by atoms with E-state index in [1.807, 2.05) is 35.5 Å². The zero-order valence-electron chi connectivity index (χ0n) is 26.5. The van der Waals surface area contributed by atoms with Crippen LogP contribution in [0.5, 0.6) is 0 Å². The molecule has 49 heavy (non-hydrogen) atoms. The molecule has 0 spiro atoms. The smallest absolute Gasteiger partial charge is 0.102 e. The minimum Gasteiger partial charge on any atom is -0.672 e. The summed E-state index contributed by atoms with van der Waals surface area (Å²) in [5, 5.41) is 8.61. The molecule has 0 saturated heterocycles. The molecular weight excluding hydrogens is 743 g/mol. The monoisotopic (exact) mass is 786 g/mol. The molecule has 247 valence electrons. The fourth-order valence-corrected chi connectivity index (χ4v) is 10.3. The van der Waals surface area contributed by atoms with Gasteiger partial charge in [0.25, 0.3) is 0 Å². The van der Waals surface area contributed by atoms with Gasteiger partial charge in [-0.15, -0.1) is 6.54 Å². The predicted molar refractivity (Wildman–Crippen MR) is 218 cm³/mol. The predicted octanol–water partition coefficient (Wildman–Crippen LogP) is 9.31. The summed E-state index contributed by atoms with van der Waals surface area (Å²) in [6.45, 7) is 0.279. The Morgan fingerprint density at radius 1 is 0.388 bits per heavy atom. The average molecular weight is 786 g/mol. The van der Waals surface area contributed by atoms with E-state index in [4.69, 9.17) is 5.73 Å². The fourth-order valence-electron chi connectivity index (χ4n) is 5.13. The largest absolute Gasteiger partial charge is 0.672 e. The molecule has 0 aliphatic carbocycles. The summed E-state index contributed by atoms with van der Waals surface area (Å²) < 4.78 is 0. The van der Waals surface area contributed by atoms with Crippen molar-refractivity contribution in [2.45, 2.75) is 14.0 Å². The first-order chi connectivity index (χ1) is 23.8. The van der Waals surface area contributed by atoms with E-state index in [2.05, 4.69) is 197 Å². The van der Waals surface area contributed by atoms with E-state index in [-0.39, 0.29) is 14.0 Å². The molecule has 0 unspecified atom stereocenters. The van der Waals surface area contributed by atoms with Gasteiger partial charge in [0.2, 0.25) is 0 Å². The first-order valence-electron chi connectivity index (χ1n) is 15.6. The van der Waals surface area contributed by atoms with Crippen LogP contribution in [0.3, 0.4) is 0 Å². The van der Waals surface area contributed by atoms with E-state index in [9.17, 15) is 0 Å². The molecule has 0 radical (unpaired) electrons. The van der Waals surface area contributed by atoms with Crippen LogP contribution in [0.4, 0.5) is 0 Å². The number of hydrogen-bond donors (Lipinski definition) is 0. The van der Waals surface area contributed by atoms with E-state index in [0.717, 1.165) is 5.69 Å². The van der Waals surface area contributed by atoms with Crippen molar-refractivity contribution in [3.8, 4) is 0 Å². The first-order valence-corrected chi connectivity index (χ1v) is 20.8. The van der Waals surface area contributed by atoms with Gasteiger partial charge >= 0.3 is 27.0 Å². The average Bonchev–Trinajstić information content (AvgIpc) is 3.19. The second-order valence-corrected chi connectivity index (χ2v) is 15.4. The van der Waals surface area contributed by atoms with Gasteiger partial charge in [-0.1, -0.05) is 123 Å². The number of nitrogens with zero attached hydrogens (tertiary/aromatic N) is 1. The van der Waals surface area contributed by atoms with Crippen LogP contribution in [0.15, 0.2) is 206 Å². The summed E-state index contributed by atoms with van der Waals surface area (Å²) in [6.07, 6.45) is 1.70. The van der Waals surface area contributed by atoms with Crippen LogP contribution in [-0.4, -0.2) is 4.98 Å². The third-order valence-corrected chi connectivity index (χ3v) is 12.7. The zero-order valence-corrected chi connectivity index (χ0v) is 31.0. The van der Waals surface area contributed by atoms with E-state index in [1.165, 1.54) is 31.8 Å². The molecule has 2 nitrogen and oxygen atoms in total. The second kappa shape index (κ2) is 23.5. The van der Waals surface area contributed by atoms with Crippen LogP contribution >= 0.6 is 25.5 Å². The van der Waals surface area contributed by atoms with Crippen molar-refractivity contribution in [3.05, 3.63) is 218 Å². The molecule has 1 N–H and O–H groups in total. The van der Waals surface area contributed by atoms with E-state index >= 15 is 0 Å². The Hall–Kier alpha value is -3.80. The molecule has 6 heteroatoms. The molecule has 1 aromatic heterocycles. The maximum Gasteiger partial charge on any atom is 0.102 e. The molecule has 0 fully saturated rings. The van der Waals surface area contributed by atoms with E-state index in [0.29, 0.717) is 0 Å². The van der Waals surface area contributed by atoms with Crippen molar-refractivity contribution in [1.29, 1.82) is 0 Å². The fraction of sp³-hybridized carbons (Fsp3) is 0.0465. The number of hydrogen-bond acceptors (Lipinski definition) is 1. The zero-order chi connectivity index (χ0) is 33.7. The van der Waals surface area contributed by atoms with Crippen LogP contribution in [0.2, 0.25) is 0 Å². The maximum absolute atomic E-state index is 6.88. The van der Waals surface area contributed by atoms with E-state index < -0.39 is 15.8 Å². The molecule has 7 rings (SSSR count). The summed E-state index contributed by atoms with van der Waals surface area (Å²) in [6, 6.07) is 70.6. The van der Waals surface area contributed by atoms with E-state index in [1.54, 1.807) is 6.20 Å². The first kappa shape index (κ1) is 39.6. The maximum atomic E-state index is 6.88. The van der Waals surface area contributed by atoms with Gasteiger partial charge in [0, 0.05) is 11.9 Å². The van der Waals surface area contributed by atoms with Crippen LogP contribution in [0.25, 0.3) is 5.73 Å². The molecule has 0 bridgehead atoms. The number of halogens is 1. The Bertz CT molecular complexity index is 1500. The number of aromatic nitrogens is 1. The Labute approximate surface area is 309 Å². The molecule has 0 amide bonds. The van der Waals surface area contributed by atoms with Gasteiger partial charge < -0.3 is 5.73 Å². The van der Waals surface area contributed by atoms with Gasteiger partial charge in [0.15, 0.2) is 0 Å². The van der Waals surface area contributed by atoms with Gasteiger partial charge in [0.1, 0.15) is 31.8 Å². The molecule has 6 aromatic carbocycles. The molecule has 0 saturated carbocycles. The Balaban J connectivity index is 0.000000206. The molecule has 0 aliphatic heterocycles. The standard InChI is InChI=1S/2C18H15P.C6H7N2.CH4.ClH.Ru/c2*1-4-10-16(11-5-1)19(17-12-6-2-7-13-17)18-14-8-3-9-15-18;7-5-6-3-1-2-4-8-6;;;/h2*1-15H;1-4,7H,5H2;1H4;1H;/q;;-1;;;+3/p+1. The van der Waals surface area contributed by atoms with Crippen molar-refractivity contribution < 1.29 is 17.3 Å². The Morgan fingerprint density at radius 2 is 0.612 bits per heavy atom. The SMILES string of the molecule is C.[Cl][Ru+2].[NH-]Cc1ccccn1.c1ccc([PH+](c2ccccc2)c2ccccc2)cc1.c1ccc([PH+](c2ccccc2)c2ccccc2)cc1. The van der Waals surface area contributed by atoms with Crippen molar-refractivity contribution in [1.82, 2.24) is 4.98 Å².